The molecule has 1 aliphatic rings. The van der Waals surface area contributed by atoms with E-state index in [1.807, 2.05) is 6.92 Å². The van der Waals surface area contributed by atoms with Crippen molar-refractivity contribution in [1.29, 1.82) is 0 Å². The Morgan fingerprint density at radius 1 is 1.28 bits per heavy atom. The summed E-state index contributed by atoms with van der Waals surface area (Å²) in [6.07, 6.45) is 0.946. The van der Waals surface area contributed by atoms with E-state index < -0.39 is 6.16 Å². The zero-order valence-electron chi connectivity index (χ0n) is 13.8. The highest BCUT2D eigenvalue weighted by Gasteiger charge is 2.28. The number of carbonyl (C=O) groups excluding carboxylic acids is 1. The average Bonchev–Trinajstić information content (AvgIpc) is 3.14. The lowest BCUT2D eigenvalue weighted by molar-refractivity contribution is 0.0537. The Morgan fingerprint density at radius 3 is 2.72 bits per heavy atom. The number of hydrogen-bond acceptors (Lipinski definition) is 6. The minimum Gasteiger partial charge on any atom is -0.431 e. The third-order valence-electron chi connectivity index (χ3n) is 3.85. The summed E-state index contributed by atoms with van der Waals surface area (Å²) in [5.41, 5.74) is 0.102. The fraction of sp³-hybridized carbons (Fsp3) is 0.500. The second kappa shape index (κ2) is 8.07. The van der Waals surface area contributed by atoms with Crippen LogP contribution in [-0.2, 0) is 22.6 Å². The zero-order chi connectivity index (χ0) is 17.8. The molecule has 9 heteroatoms. The van der Waals surface area contributed by atoms with Crippen molar-refractivity contribution in [2.45, 2.75) is 32.9 Å². The molecule has 0 saturated carbocycles. The highest BCUT2D eigenvalue weighted by Crippen LogP contribution is 2.38. The fourth-order valence-corrected chi connectivity index (χ4v) is 3.92. The number of thiophene rings is 1. The maximum atomic E-state index is 12.8. The normalized spacial score (nSPS) is 13.5. The molecule has 0 unspecified atom stereocenters. The van der Waals surface area contributed by atoms with Crippen LogP contribution in [0.25, 0.3) is 10.4 Å². The van der Waals surface area contributed by atoms with E-state index in [4.69, 9.17) is 25.8 Å². The van der Waals surface area contributed by atoms with Gasteiger partial charge >= 0.3 is 6.16 Å². The van der Waals surface area contributed by atoms with E-state index >= 15 is 0 Å². The minimum atomic E-state index is -0.861. The van der Waals surface area contributed by atoms with Crippen molar-refractivity contribution >= 4 is 29.1 Å². The number of ether oxygens (including phenoxy) is 3. The zero-order valence-corrected chi connectivity index (χ0v) is 15.4. The molecule has 0 aromatic carbocycles. The lowest BCUT2D eigenvalue weighted by Gasteiger charge is -2.18. The van der Waals surface area contributed by atoms with Gasteiger partial charge in [0.2, 0.25) is 5.88 Å². The van der Waals surface area contributed by atoms with Crippen molar-refractivity contribution in [3.8, 4) is 16.3 Å². The Morgan fingerprint density at radius 2 is 2.04 bits per heavy atom. The molecule has 25 heavy (non-hydrogen) atoms. The van der Waals surface area contributed by atoms with Gasteiger partial charge in [-0.3, -0.25) is 9.48 Å². The first kappa shape index (κ1) is 18.0. The third-order valence-corrected chi connectivity index (χ3v) is 5.21. The first-order valence-corrected chi connectivity index (χ1v) is 9.38. The number of nitrogens with zero attached hydrogens (tertiary/aromatic N) is 2. The van der Waals surface area contributed by atoms with Crippen LogP contribution in [-0.4, -0.2) is 35.3 Å². The summed E-state index contributed by atoms with van der Waals surface area (Å²) in [6, 6.07) is 1.71. The van der Waals surface area contributed by atoms with Gasteiger partial charge in [-0.2, -0.15) is 0 Å². The molecule has 2 aromatic rings. The topological polar surface area (TPSA) is 71.7 Å². The van der Waals surface area contributed by atoms with Crippen LogP contribution < -0.4 is 10.3 Å². The van der Waals surface area contributed by atoms with E-state index in [1.54, 1.807) is 20.8 Å². The third kappa shape index (κ3) is 3.75. The Kier molecular flexibility index (Phi) is 5.82. The van der Waals surface area contributed by atoms with Crippen molar-refractivity contribution < 1.29 is 19.0 Å². The standard InChI is InChI=1S/C16H19ClN2O5S/c1-2-22-8-9-23-16(21)24-15-12(13-11(17)5-10-25-13)14(20)18-6-3-4-7-19(15)18/h5,10H,2-4,6-9H2,1H3. The molecule has 0 atom stereocenters. The molecular weight excluding hydrogens is 368 g/mol. The Labute approximate surface area is 153 Å². The molecule has 1 aliphatic heterocycles. The number of hydrogen-bond donors (Lipinski definition) is 0. The minimum absolute atomic E-state index is 0.0900. The number of halogens is 1. The van der Waals surface area contributed by atoms with Gasteiger partial charge in [0, 0.05) is 19.7 Å². The Balaban J connectivity index is 1.91. The van der Waals surface area contributed by atoms with Crippen LogP contribution in [0.1, 0.15) is 19.8 Å². The number of carbonyl (C=O) groups is 1. The Bertz CT molecular complexity index is 810. The van der Waals surface area contributed by atoms with Crippen molar-refractivity contribution in [3.05, 3.63) is 26.8 Å². The van der Waals surface area contributed by atoms with Gasteiger partial charge in [-0.25, -0.2) is 9.48 Å². The smallest absolute Gasteiger partial charge is 0.431 e. The largest absolute Gasteiger partial charge is 0.515 e. The molecule has 2 aromatic heterocycles. The van der Waals surface area contributed by atoms with E-state index in [0.29, 0.717) is 41.8 Å². The van der Waals surface area contributed by atoms with Gasteiger partial charge in [-0.1, -0.05) is 11.6 Å². The van der Waals surface area contributed by atoms with E-state index in [2.05, 4.69) is 0 Å². The molecule has 0 saturated heterocycles. The van der Waals surface area contributed by atoms with Crippen LogP contribution in [0.3, 0.4) is 0 Å². The molecule has 0 radical (unpaired) electrons. The van der Waals surface area contributed by atoms with E-state index in [9.17, 15) is 9.59 Å². The summed E-state index contributed by atoms with van der Waals surface area (Å²) >= 11 is 7.54. The van der Waals surface area contributed by atoms with Crippen LogP contribution in [0, 0.1) is 0 Å². The van der Waals surface area contributed by atoms with Crippen LogP contribution >= 0.6 is 22.9 Å². The maximum Gasteiger partial charge on any atom is 0.515 e. The molecule has 0 aliphatic carbocycles. The molecule has 0 fully saturated rings. The summed E-state index contributed by atoms with van der Waals surface area (Å²) in [7, 11) is 0. The summed E-state index contributed by atoms with van der Waals surface area (Å²) in [4.78, 5) is 25.4. The molecule has 0 spiro atoms. The molecule has 136 valence electrons. The van der Waals surface area contributed by atoms with Crippen LogP contribution in [0.2, 0.25) is 5.02 Å². The maximum absolute atomic E-state index is 12.8. The molecule has 3 heterocycles. The number of rotatable bonds is 6. The first-order chi connectivity index (χ1) is 12.1. The molecule has 0 N–H and O–H groups in total. The summed E-state index contributed by atoms with van der Waals surface area (Å²) < 4.78 is 18.8. The second-order valence-electron chi connectivity index (χ2n) is 5.43. The number of fused-ring (bicyclic) bond motifs is 1. The second-order valence-corrected chi connectivity index (χ2v) is 6.76. The van der Waals surface area contributed by atoms with Crippen molar-refractivity contribution in [2.24, 2.45) is 0 Å². The highest BCUT2D eigenvalue weighted by atomic mass is 35.5. The van der Waals surface area contributed by atoms with E-state index in [-0.39, 0.29) is 18.0 Å². The van der Waals surface area contributed by atoms with Gasteiger partial charge < -0.3 is 14.2 Å². The van der Waals surface area contributed by atoms with Gasteiger partial charge in [-0.05, 0) is 31.2 Å². The van der Waals surface area contributed by atoms with Crippen molar-refractivity contribution in [3.63, 3.8) is 0 Å². The van der Waals surface area contributed by atoms with Gasteiger partial charge in [0.25, 0.3) is 5.56 Å². The summed E-state index contributed by atoms with van der Waals surface area (Å²) in [5, 5.41) is 2.25. The molecular formula is C16H19ClN2O5S. The van der Waals surface area contributed by atoms with Gasteiger partial charge in [-0.15, -0.1) is 11.3 Å². The van der Waals surface area contributed by atoms with E-state index in [1.165, 1.54) is 11.3 Å². The van der Waals surface area contributed by atoms with Gasteiger partial charge in [0.1, 0.15) is 12.2 Å². The molecule has 0 amide bonds. The Hall–Kier alpha value is -1.77. The highest BCUT2D eigenvalue weighted by molar-refractivity contribution is 7.14. The van der Waals surface area contributed by atoms with Crippen molar-refractivity contribution in [2.75, 3.05) is 19.8 Å². The van der Waals surface area contributed by atoms with Gasteiger partial charge in [0.05, 0.1) is 16.5 Å². The lowest BCUT2D eigenvalue weighted by atomic mass is 10.3. The van der Waals surface area contributed by atoms with Crippen LogP contribution in [0.4, 0.5) is 4.79 Å². The van der Waals surface area contributed by atoms with Crippen LogP contribution in [0.15, 0.2) is 16.2 Å². The number of aromatic nitrogens is 2. The lowest BCUT2D eigenvalue weighted by Crippen LogP contribution is -2.27. The van der Waals surface area contributed by atoms with Crippen molar-refractivity contribution in [1.82, 2.24) is 9.36 Å². The van der Waals surface area contributed by atoms with E-state index in [0.717, 1.165) is 12.8 Å². The summed E-state index contributed by atoms with van der Waals surface area (Å²) in [5.74, 6) is 0.190. The quantitative estimate of drug-likeness (QED) is 0.562. The predicted molar refractivity (Wildman–Crippen MR) is 94.7 cm³/mol. The predicted octanol–water partition coefficient (Wildman–Crippen LogP) is 3.38. The monoisotopic (exact) mass is 386 g/mol. The average molecular weight is 387 g/mol. The van der Waals surface area contributed by atoms with Gasteiger partial charge in [0.15, 0.2) is 0 Å². The SMILES string of the molecule is CCOCCOC(=O)Oc1c(-c2sccc2Cl)c(=O)n2n1CCCC2. The van der Waals surface area contributed by atoms with Crippen LogP contribution in [0.5, 0.6) is 5.88 Å². The first-order valence-electron chi connectivity index (χ1n) is 8.12. The summed E-state index contributed by atoms with van der Waals surface area (Å²) in [6.45, 7) is 3.96. The fourth-order valence-electron chi connectivity index (χ4n) is 2.74. The molecule has 0 bridgehead atoms. The molecule has 3 rings (SSSR count). The molecule has 7 nitrogen and oxygen atoms in total.